The average molecular weight is 467 g/mol. The summed E-state index contributed by atoms with van der Waals surface area (Å²) < 4.78 is 30.6. The molecule has 0 saturated carbocycles. The van der Waals surface area contributed by atoms with Gasteiger partial charge in [-0.1, -0.05) is 42.5 Å². The Balaban J connectivity index is 1.22. The lowest BCUT2D eigenvalue weighted by atomic mass is 9.84. The predicted octanol–water partition coefficient (Wildman–Crippen LogP) is 4.79. The first-order chi connectivity index (χ1) is 16.4. The van der Waals surface area contributed by atoms with Crippen LogP contribution in [0.4, 0.5) is 8.78 Å². The maximum atomic E-state index is 15.3. The molecule has 2 atom stereocenters. The zero-order valence-corrected chi connectivity index (χ0v) is 19.5. The van der Waals surface area contributed by atoms with Crippen molar-refractivity contribution in [2.45, 2.75) is 69.8 Å². The highest BCUT2D eigenvalue weighted by Gasteiger charge is 2.45. The van der Waals surface area contributed by atoms with E-state index in [1.165, 1.54) is 29.5 Å². The summed E-state index contributed by atoms with van der Waals surface area (Å²) in [5, 5.41) is 2.38. The molecule has 6 heteroatoms. The van der Waals surface area contributed by atoms with Crippen molar-refractivity contribution in [1.29, 1.82) is 0 Å². The number of carbonyl (C=O) groups is 2. The number of amides is 2. The van der Waals surface area contributed by atoms with Gasteiger partial charge in [-0.15, -0.1) is 0 Å². The number of imide groups is 1. The first kappa shape index (κ1) is 23.2. The topological polar surface area (TPSA) is 49.4 Å². The van der Waals surface area contributed by atoms with E-state index in [9.17, 15) is 9.59 Å². The quantitative estimate of drug-likeness (QED) is 0.645. The minimum Gasteiger partial charge on any atom is -0.296 e. The van der Waals surface area contributed by atoms with Crippen LogP contribution in [0.5, 0.6) is 0 Å². The van der Waals surface area contributed by atoms with Crippen LogP contribution in [0.1, 0.15) is 65.8 Å². The van der Waals surface area contributed by atoms with Gasteiger partial charge in [-0.2, -0.15) is 0 Å². The second-order valence-corrected chi connectivity index (χ2v) is 10.2. The Labute approximate surface area is 199 Å². The zero-order valence-electron chi connectivity index (χ0n) is 19.5. The Bertz CT molecular complexity index is 1070. The molecule has 2 amide bonds. The van der Waals surface area contributed by atoms with Gasteiger partial charge >= 0.3 is 0 Å². The van der Waals surface area contributed by atoms with Crippen molar-refractivity contribution in [2.75, 3.05) is 13.1 Å². The highest BCUT2D eigenvalue weighted by atomic mass is 19.3. The van der Waals surface area contributed by atoms with Crippen LogP contribution in [0.15, 0.2) is 42.5 Å². The fourth-order valence-electron chi connectivity index (χ4n) is 5.91. The molecule has 0 aromatic heterocycles. The van der Waals surface area contributed by atoms with Gasteiger partial charge in [0.15, 0.2) is 0 Å². The summed E-state index contributed by atoms with van der Waals surface area (Å²) in [5.41, 5.74) is 5.58. The number of benzene rings is 2. The van der Waals surface area contributed by atoms with Gasteiger partial charge in [0.05, 0.1) is 12.5 Å². The lowest BCUT2D eigenvalue weighted by molar-refractivity contribution is -0.136. The van der Waals surface area contributed by atoms with Crippen LogP contribution >= 0.6 is 0 Å². The first-order valence-electron chi connectivity index (χ1n) is 12.5. The number of aryl methyl sites for hydroxylation is 1. The Kier molecular flexibility index (Phi) is 6.52. The molecule has 0 bridgehead atoms. The molecule has 2 aliphatic heterocycles. The number of nitrogens with one attached hydrogen (secondary N) is 1. The maximum Gasteiger partial charge on any atom is 0.267 e. The smallest absolute Gasteiger partial charge is 0.267 e. The highest BCUT2D eigenvalue weighted by Crippen LogP contribution is 2.41. The molecular formula is C28H32F2N2O2. The Morgan fingerprint density at radius 3 is 2.53 bits per heavy atom. The van der Waals surface area contributed by atoms with E-state index in [0.29, 0.717) is 44.3 Å². The third kappa shape index (κ3) is 4.92. The Morgan fingerprint density at radius 2 is 1.76 bits per heavy atom. The first-order valence-corrected chi connectivity index (χ1v) is 12.5. The molecule has 2 fully saturated rings. The van der Waals surface area contributed by atoms with Crippen molar-refractivity contribution >= 4 is 11.8 Å². The van der Waals surface area contributed by atoms with Gasteiger partial charge in [-0.25, -0.2) is 8.78 Å². The number of likely N-dealkylation sites (tertiary alicyclic amines) is 1. The lowest BCUT2D eigenvalue weighted by Gasteiger charge is -2.39. The van der Waals surface area contributed by atoms with Gasteiger partial charge < -0.3 is 0 Å². The second-order valence-electron chi connectivity index (χ2n) is 10.2. The normalized spacial score (nSPS) is 25.0. The van der Waals surface area contributed by atoms with Crippen LogP contribution in [0.3, 0.4) is 0 Å². The molecule has 0 radical (unpaired) electrons. The zero-order chi connectivity index (χ0) is 23.7. The summed E-state index contributed by atoms with van der Waals surface area (Å²) in [6.07, 6.45) is 6.39. The molecule has 5 rings (SSSR count). The van der Waals surface area contributed by atoms with Gasteiger partial charge in [-0.05, 0) is 79.3 Å². The molecule has 0 spiro atoms. The summed E-state index contributed by atoms with van der Waals surface area (Å²) in [6.45, 7) is 1.03. The highest BCUT2D eigenvalue weighted by molar-refractivity contribution is 5.98. The molecular weight excluding hydrogens is 434 g/mol. The van der Waals surface area contributed by atoms with E-state index in [4.69, 9.17) is 0 Å². The molecule has 2 heterocycles. The molecule has 2 aromatic carbocycles. The molecule has 4 nitrogen and oxygen atoms in total. The molecule has 180 valence electrons. The van der Waals surface area contributed by atoms with Crippen LogP contribution < -0.4 is 5.32 Å². The number of piperidine rings is 2. The molecule has 2 aromatic rings. The van der Waals surface area contributed by atoms with E-state index in [2.05, 4.69) is 23.5 Å². The van der Waals surface area contributed by atoms with Crippen LogP contribution in [-0.4, -0.2) is 35.7 Å². The van der Waals surface area contributed by atoms with Crippen molar-refractivity contribution in [1.82, 2.24) is 10.2 Å². The van der Waals surface area contributed by atoms with Gasteiger partial charge in [0.2, 0.25) is 11.8 Å². The molecule has 2 unspecified atom stereocenters. The molecule has 2 saturated heterocycles. The monoisotopic (exact) mass is 466 g/mol. The number of halogens is 2. The van der Waals surface area contributed by atoms with Gasteiger partial charge in [-0.3, -0.25) is 19.8 Å². The molecule has 1 N–H and O–H groups in total. The van der Waals surface area contributed by atoms with E-state index >= 15 is 8.78 Å². The number of nitrogens with zero attached hydrogens (tertiary/aromatic N) is 1. The summed E-state index contributed by atoms with van der Waals surface area (Å²) in [5.74, 6) is -4.29. The minimum atomic E-state index is -2.79. The van der Waals surface area contributed by atoms with E-state index < -0.39 is 11.8 Å². The Hall–Kier alpha value is -2.60. The van der Waals surface area contributed by atoms with Crippen LogP contribution in [0, 0.1) is 5.92 Å². The van der Waals surface area contributed by atoms with Gasteiger partial charge in [0, 0.05) is 18.9 Å². The van der Waals surface area contributed by atoms with E-state index in [-0.39, 0.29) is 24.3 Å². The fourth-order valence-corrected chi connectivity index (χ4v) is 5.91. The fraction of sp³-hybridized carbons (Fsp3) is 0.500. The van der Waals surface area contributed by atoms with Crippen molar-refractivity contribution in [3.05, 3.63) is 70.3 Å². The number of carbonyl (C=O) groups excluding carboxylic acids is 2. The summed E-state index contributed by atoms with van der Waals surface area (Å²) >= 11 is 0. The van der Waals surface area contributed by atoms with Crippen molar-refractivity contribution in [3.63, 3.8) is 0 Å². The summed E-state index contributed by atoms with van der Waals surface area (Å²) in [6, 6.07) is 13.7. The Morgan fingerprint density at radius 1 is 0.971 bits per heavy atom. The van der Waals surface area contributed by atoms with E-state index in [0.717, 1.165) is 18.4 Å². The predicted molar refractivity (Wildman–Crippen MR) is 127 cm³/mol. The van der Waals surface area contributed by atoms with Gasteiger partial charge in [0.25, 0.3) is 5.92 Å². The second kappa shape index (κ2) is 9.57. The van der Waals surface area contributed by atoms with Crippen LogP contribution in [0.2, 0.25) is 0 Å². The number of hydrogen-bond donors (Lipinski definition) is 1. The summed E-state index contributed by atoms with van der Waals surface area (Å²) in [7, 11) is 0. The van der Waals surface area contributed by atoms with Crippen molar-refractivity contribution in [2.24, 2.45) is 5.92 Å². The van der Waals surface area contributed by atoms with Gasteiger partial charge in [0.1, 0.15) is 0 Å². The maximum absolute atomic E-state index is 15.3. The minimum absolute atomic E-state index is 0.223. The third-order valence-electron chi connectivity index (χ3n) is 7.78. The largest absolute Gasteiger partial charge is 0.296 e. The average Bonchev–Trinajstić information content (AvgIpc) is 2.81. The lowest BCUT2D eigenvalue weighted by Crippen LogP contribution is -2.47. The number of rotatable bonds is 5. The summed E-state index contributed by atoms with van der Waals surface area (Å²) in [4.78, 5) is 25.3. The van der Waals surface area contributed by atoms with Crippen LogP contribution in [-0.2, 0) is 35.4 Å². The number of fused-ring (bicyclic) bond motifs is 1. The van der Waals surface area contributed by atoms with E-state index in [1.807, 2.05) is 17.0 Å². The van der Waals surface area contributed by atoms with E-state index in [1.54, 1.807) is 12.1 Å². The number of hydrogen-bond acceptors (Lipinski definition) is 3. The number of alkyl halides is 2. The standard InChI is InChI=1S/C28H32F2N2O2/c29-28(30)18-32(17-23-6-3-5-20-4-1-2-7-24(20)23)15-14-25(28)21-10-8-19(9-11-21)16-22-12-13-26(33)31-27(22)34/h3,5-6,8-11,22,25H,1-2,4,7,12-18H2,(H,31,33,34). The molecule has 3 aliphatic rings. The van der Waals surface area contributed by atoms with Crippen molar-refractivity contribution in [3.8, 4) is 0 Å². The SMILES string of the molecule is O=C1CCC(Cc2ccc(C3CCN(Cc4cccc5c4CCCC5)CC3(F)F)cc2)C(=O)N1. The molecule has 1 aliphatic carbocycles. The third-order valence-corrected chi connectivity index (χ3v) is 7.78. The molecule has 34 heavy (non-hydrogen) atoms. The van der Waals surface area contributed by atoms with Crippen LogP contribution in [0.25, 0.3) is 0 Å². The van der Waals surface area contributed by atoms with Crippen molar-refractivity contribution < 1.29 is 18.4 Å².